The largest absolute Gasteiger partial charge is 0.479 e. The predicted octanol–water partition coefficient (Wildman–Crippen LogP) is -6.45. The van der Waals surface area contributed by atoms with Crippen molar-refractivity contribution in [1.29, 1.82) is 0 Å². The first-order valence-electron chi connectivity index (χ1n) is 10.4. The predicted molar refractivity (Wildman–Crippen MR) is 100 cm³/mol. The van der Waals surface area contributed by atoms with Crippen LogP contribution in [0, 0.1) is 0 Å². The average molecular weight is 502 g/mol. The van der Waals surface area contributed by atoms with Crippen molar-refractivity contribution >= 4 is 5.97 Å². The van der Waals surface area contributed by atoms with E-state index in [9.17, 15) is 55.9 Å². The summed E-state index contributed by atoms with van der Waals surface area (Å²) in [7, 11) is 0. The Labute approximate surface area is 192 Å². The van der Waals surface area contributed by atoms with E-state index in [1.54, 1.807) is 0 Å². The molecule has 198 valence electrons. The van der Waals surface area contributed by atoms with Gasteiger partial charge in [-0.3, -0.25) is 0 Å². The van der Waals surface area contributed by atoms with E-state index in [-0.39, 0.29) is 0 Å². The lowest BCUT2D eigenvalue weighted by Gasteiger charge is -2.47. The molecule has 0 radical (unpaired) electrons. The number of rotatable bonds is 6. The number of hydrogen-bond acceptors (Lipinski definition) is 15. The Bertz CT molecular complexity index is 693. The maximum atomic E-state index is 11.8. The molecule has 0 unspecified atom stereocenters. The van der Waals surface area contributed by atoms with Crippen molar-refractivity contribution in [1.82, 2.24) is 0 Å². The molecule has 0 saturated carbocycles. The van der Waals surface area contributed by atoms with E-state index in [0.29, 0.717) is 0 Å². The second kappa shape index (κ2) is 10.9. The Morgan fingerprint density at radius 1 is 0.706 bits per heavy atom. The van der Waals surface area contributed by atoms with Crippen LogP contribution in [0.5, 0.6) is 0 Å². The summed E-state index contributed by atoms with van der Waals surface area (Å²) in [4.78, 5) is 11.8. The van der Waals surface area contributed by atoms with Crippen LogP contribution in [0.4, 0.5) is 0 Å². The lowest BCUT2D eigenvalue weighted by Crippen LogP contribution is -2.67. The quantitative estimate of drug-likeness (QED) is 0.162. The van der Waals surface area contributed by atoms with Crippen LogP contribution in [0.1, 0.15) is 6.92 Å². The van der Waals surface area contributed by atoms with Gasteiger partial charge in [0, 0.05) is 0 Å². The Kier molecular flexibility index (Phi) is 8.81. The highest BCUT2D eigenvalue weighted by Crippen LogP contribution is 2.32. The zero-order valence-electron chi connectivity index (χ0n) is 17.8. The number of aliphatic hydroxyl groups excluding tert-OH is 9. The van der Waals surface area contributed by atoms with Crippen molar-refractivity contribution < 1.29 is 79.5 Å². The summed E-state index contributed by atoms with van der Waals surface area (Å²) in [6.07, 6.45) is -26.7. The molecule has 0 aliphatic carbocycles. The first-order chi connectivity index (χ1) is 15.9. The van der Waals surface area contributed by atoms with E-state index in [1.807, 2.05) is 0 Å². The number of carboxylic acids is 1. The number of carboxylic acid groups (broad SMARTS) is 1. The van der Waals surface area contributed by atoms with Crippen LogP contribution in [0.15, 0.2) is 0 Å². The molecule has 16 heteroatoms. The minimum absolute atomic E-state index is 0.810. The van der Waals surface area contributed by atoms with Gasteiger partial charge in [-0.15, -0.1) is 0 Å². The van der Waals surface area contributed by atoms with Gasteiger partial charge in [0.2, 0.25) is 0 Å². The smallest absolute Gasteiger partial charge is 0.335 e. The van der Waals surface area contributed by atoms with Crippen LogP contribution in [-0.4, -0.2) is 156 Å². The molecule has 3 aliphatic heterocycles. The van der Waals surface area contributed by atoms with Crippen LogP contribution in [0.2, 0.25) is 0 Å². The number of aliphatic hydroxyl groups is 9. The summed E-state index contributed by atoms with van der Waals surface area (Å²) in [5, 5.41) is 99.5. The van der Waals surface area contributed by atoms with Gasteiger partial charge in [0.15, 0.2) is 25.0 Å². The molecule has 0 bridgehead atoms. The number of aliphatic carboxylic acids is 1. The van der Waals surface area contributed by atoms with E-state index in [2.05, 4.69) is 0 Å². The second-order valence-electron chi connectivity index (χ2n) is 8.36. The van der Waals surface area contributed by atoms with Gasteiger partial charge in [-0.25, -0.2) is 4.79 Å². The van der Waals surface area contributed by atoms with E-state index in [0.717, 1.165) is 0 Å². The first kappa shape index (κ1) is 27.5. The van der Waals surface area contributed by atoms with Crippen molar-refractivity contribution in [2.24, 2.45) is 0 Å². The summed E-state index contributed by atoms with van der Waals surface area (Å²) in [6.45, 7) is 0.531. The summed E-state index contributed by atoms with van der Waals surface area (Å²) in [5.41, 5.74) is 0. The van der Waals surface area contributed by atoms with Gasteiger partial charge in [0.1, 0.15) is 61.0 Å². The molecule has 3 saturated heterocycles. The van der Waals surface area contributed by atoms with Crippen molar-refractivity contribution in [3.63, 3.8) is 0 Å². The average Bonchev–Trinajstić information content (AvgIpc) is 2.80. The third kappa shape index (κ3) is 5.20. The minimum atomic E-state index is -2.12. The first-order valence-corrected chi connectivity index (χ1v) is 10.4. The monoisotopic (exact) mass is 502 g/mol. The van der Waals surface area contributed by atoms with Crippen LogP contribution < -0.4 is 0 Å². The van der Waals surface area contributed by atoms with Gasteiger partial charge < -0.3 is 74.7 Å². The molecule has 10 N–H and O–H groups in total. The molecule has 3 fully saturated rings. The van der Waals surface area contributed by atoms with Crippen LogP contribution in [0.3, 0.4) is 0 Å². The lowest BCUT2D eigenvalue weighted by atomic mass is 9.96. The van der Waals surface area contributed by atoms with E-state index in [4.69, 9.17) is 23.7 Å². The summed E-state index contributed by atoms with van der Waals surface area (Å²) < 4.78 is 26.3. The second-order valence-corrected chi connectivity index (χ2v) is 8.36. The molecule has 0 aromatic heterocycles. The number of ether oxygens (including phenoxy) is 5. The third-order valence-corrected chi connectivity index (χ3v) is 6.02. The van der Waals surface area contributed by atoms with E-state index in [1.165, 1.54) is 6.92 Å². The van der Waals surface area contributed by atoms with Crippen LogP contribution in [-0.2, 0) is 28.5 Å². The zero-order chi connectivity index (χ0) is 25.5. The summed E-state index contributed by atoms with van der Waals surface area (Å²) in [6, 6.07) is 0. The van der Waals surface area contributed by atoms with Gasteiger partial charge >= 0.3 is 5.97 Å². The molecule has 3 rings (SSSR count). The molecular formula is C18H30O16. The standard InChI is InChI=1S/C18H30O16/c1-3-5(20)7(22)9(24)17(30-3)33-12-11(26)16(29)32-14(15(27)28)13(12)34-18-10(25)8(23)6(21)4(2-19)31-18/h3-14,16-26,29H,2H2,1H3,(H,27,28)/t3-,4-,5+,6+,7+,8+,9-,10-,11-,12-,13+,14+,16-,17-,18+/m1/s1. The molecule has 34 heavy (non-hydrogen) atoms. The molecule has 0 amide bonds. The highest BCUT2D eigenvalue weighted by molar-refractivity contribution is 5.73. The van der Waals surface area contributed by atoms with Crippen molar-refractivity contribution in [3.8, 4) is 0 Å². The van der Waals surface area contributed by atoms with Gasteiger partial charge in [-0.05, 0) is 6.92 Å². The molecule has 3 heterocycles. The topological polar surface area (TPSA) is 266 Å². The number of carbonyl (C=O) groups is 1. The van der Waals surface area contributed by atoms with E-state index < -0.39 is 105 Å². The van der Waals surface area contributed by atoms with Gasteiger partial charge in [0.25, 0.3) is 0 Å². The van der Waals surface area contributed by atoms with Crippen LogP contribution >= 0.6 is 0 Å². The minimum Gasteiger partial charge on any atom is -0.479 e. The van der Waals surface area contributed by atoms with Crippen molar-refractivity contribution in [2.45, 2.75) is 99.0 Å². The summed E-state index contributed by atoms with van der Waals surface area (Å²) in [5.74, 6) is -1.71. The third-order valence-electron chi connectivity index (χ3n) is 6.02. The zero-order valence-corrected chi connectivity index (χ0v) is 17.8. The molecular weight excluding hydrogens is 472 g/mol. The van der Waals surface area contributed by atoms with Gasteiger partial charge in [-0.2, -0.15) is 0 Å². The van der Waals surface area contributed by atoms with Gasteiger partial charge in [0.05, 0.1) is 12.7 Å². The molecule has 0 aromatic carbocycles. The molecule has 3 aliphatic rings. The fourth-order valence-electron chi connectivity index (χ4n) is 3.96. The fourth-order valence-corrected chi connectivity index (χ4v) is 3.96. The Morgan fingerprint density at radius 3 is 1.79 bits per heavy atom. The highest BCUT2D eigenvalue weighted by atomic mass is 16.8. The number of hydrogen-bond donors (Lipinski definition) is 10. The molecule has 0 aromatic rings. The van der Waals surface area contributed by atoms with E-state index >= 15 is 0 Å². The molecule has 0 spiro atoms. The fraction of sp³-hybridized carbons (Fsp3) is 0.944. The van der Waals surface area contributed by atoms with Crippen LogP contribution in [0.25, 0.3) is 0 Å². The Morgan fingerprint density at radius 2 is 1.24 bits per heavy atom. The Hall–Kier alpha value is -1.09. The van der Waals surface area contributed by atoms with Crippen molar-refractivity contribution in [3.05, 3.63) is 0 Å². The van der Waals surface area contributed by atoms with Gasteiger partial charge in [-0.1, -0.05) is 0 Å². The summed E-state index contributed by atoms with van der Waals surface area (Å²) >= 11 is 0. The SMILES string of the molecule is C[C@H]1O[C@H](O[C@@H]2[C@@H](O)[C@H](O)O[C@H](C(=O)O)[C@H]2O[C@@H]2O[C@H](CO)[C@H](O)[C@H](O)[C@H]2O)[C@H](O)[C@@H](O)[C@H]1O. The molecule has 15 atom stereocenters. The molecule has 16 nitrogen and oxygen atoms in total. The normalized spacial score (nSPS) is 52.4. The maximum Gasteiger partial charge on any atom is 0.335 e. The lowest BCUT2D eigenvalue weighted by molar-refractivity contribution is -0.378. The Balaban J connectivity index is 1.88. The van der Waals surface area contributed by atoms with Crippen molar-refractivity contribution in [2.75, 3.05) is 6.61 Å². The maximum absolute atomic E-state index is 11.8. The highest BCUT2D eigenvalue weighted by Gasteiger charge is 2.55.